The number of amides is 2. The summed E-state index contributed by atoms with van der Waals surface area (Å²) in [6.07, 6.45) is -3.93. The number of hydrogen-bond donors (Lipinski definition) is 3. The third kappa shape index (κ3) is 5.14. The second-order valence-electron chi connectivity index (χ2n) is 7.75. The van der Waals surface area contributed by atoms with Crippen molar-refractivity contribution in [2.75, 3.05) is 10.6 Å². The number of hydrogen-bond acceptors (Lipinski definition) is 3. The Bertz CT molecular complexity index is 1040. The van der Waals surface area contributed by atoms with Crippen LogP contribution in [0.15, 0.2) is 54.6 Å². The van der Waals surface area contributed by atoms with Gasteiger partial charge in [-0.1, -0.05) is 32.4 Å². The van der Waals surface area contributed by atoms with Crippen LogP contribution >= 0.6 is 11.6 Å². The van der Waals surface area contributed by atoms with E-state index in [0.717, 1.165) is 12.1 Å². The van der Waals surface area contributed by atoms with Crippen LogP contribution in [0.2, 0.25) is 5.02 Å². The number of aliphatic hydroxyl groups is 1. The topological polar surface area (TPSA) is 79.2 Å². The van der Waals surface area contributed by atoms with Gasteiger partial charge in [-0.2, -0.15) is 13.9 Å². The van der Waals surface area contributed by atoms with Gasteiger partial charge in [0, 0.05) is 22.2 Å². The van der Waals surface area contributed by atoms with Crippen molar-refractivity contribution in [3.63, 3.8) is 0 Å². The Hall–Kier alpha value is -2.97. The molecule has 0 fully saturated rings. The summed E-state index contributed by atoms with van der Waals surface area (Å²) < 4.78 is 27.6. The van der Waals surface area contributed by atoms with E-state index < -0.39 is 17.7 Å². The number of urea groups is 1. The Morgan fingerprint density at radius 3 is 2.17 bits per heavy atom. The monoisotopic (exact) mass is 434 g/mol. The van der Waals surface area contributed by atoms with Gasteiger partial charge in [-0.25, -0.2) is 9.48 Å². The van der Waals surface area contributed by atoms with Gasteiger partial charge in [0.2, 0.25) is 0 Å². The van der Waals surface area contributed by atoms with Crippen molar-refractivity contribution in [1.82, 2.24) is 9.78 Å². The largest absolute Gasteiger partial charge is 0.380 e. The highest BCUT2D eigenvalue weighted by atomic mass is 35.5. The lowest BCUT2D eigenvalue weighted by molar-refractivity contribution is -0.208. The molecular formula is C21H21ClF2N4O2. The van der Waals surface area contributed by atoms with E-state index in [9.17, 15) is 13.6 Å². The number of anilines is 2. The van der Waals surface area contributed by atoms with Crippen molar-refractivity contribution in [3.8, 4) is 5.69 Å². The van der Waals surface area contributed by atoms with Crippen LogP contribution in [0.25, 0.3) is 5.69 Å². The van der Waals surface area contributed by atoms with Crippen LogP contribution in [0.3, 0.4) is 0 Å². The van der Waals surface area contributed by atoms with Crippen LogP contribution in [0.5, 0.6) is 0 Å². The van der Waals surface area contributed by atoms with E-state index in [1.165, 1.54) is 16.8 Å². The molecule has 2 aromatic carbocycles. The van der Waals surface area contributed by atoms with E-state index in [-0.39, 0.29) is 5.41 Å². The lowest BCUT2D eigenvalue weighted by Gasteiger charge is -2.14. The number of carbonyl (C=O) groups is 1. The van der Waals surface area contributed by atoms with E-state index in [1.807, 2.05) is 20.8 Å². The number of rotatable bonds is 4. The zero-order valence-corrected chi connectivity index (χ0v) is 17.3. The molecule has 3 aromatic rings. The molecule has 0 atom stereocenters. The predicted octanol–water partition coefficient (Wildman–Crippen LogP) is 5.51. The smallest absolute Gasteiger partial charge is 0.332 e. The normalized spacial score (nSPS) is 12.0. The Kier molecular flexibility index (Phi) is 5.83. The molecule has 158 valence electrons. The third-order valence-electron chi connectivity index (χ3n) is 4.28. The van der Waals surface area contributed by atoms with Crippen molar-refractivity contribution in [2.24, 2.45) is 0 Å². The summed E-state index contributed by atoms with van der Waals surface area (Å²) in [7, 11) is 0. The second-order valence-corrected chi connectivity index (χ2v) is 8.19. The first-order valence-corrected chi connectivity index (χ1v) is 9.46. The number of halogens is 3. The van der Waals surface area contributed by atoms with Gasteiger partial charge in [-0.05, 0) is 48.5 Å². The highest BCUT2D eigenvalue weighted by Crippen LogP contribution is 2.29. The molecule has 0 aliphatic rings. The highest BCUT2D eigenvalue weighted by Gasteiger charge is 2.27. The van der Waals surface area contributed by atoms with Gasteiger partial charge in [0.25, 0.3) is 0 Å². The average Bonchev–Trinajstić information content (AvgIpc) is 3.07. The summed E-state index contributed by atoms with van der Waals surface area (Å²) in [5.41, 5.74) is 0.839. The lowest BCUT2D eigenvalue weighted by Crippen LogP contribution is -2.21. The van der Waals surface area contributed by atoms with Gasteiger partial charge in [0.15, 0.2) is 0 Å². The fourth-order valence-electron chi connectivity index (χ4n) is 2.65. The van der Waals surface area contributed by atoms with Crippen LogP contribution in [0.4, 0.5) is 25.1 Å². The fourth-order valence-corrected chi connectivity index (χ4v) is 2.77. The molecule has 0 aliphatic carbocycles. The van der Waals surface area contributed by atoms with Gasteiger partial charge in [0.1, 0.15) is 5.82 Å². The number of alkyl halides is 2. The molecular weight excluding hydrogens is 414 g/mol. The molecule has 0 radical (unpaired) electrons. The van der Waals surface area contributed by atoms with Crippen LogP contribution in [-0.2, 0) is 11.5 Å². The summed E-state index contributed by atoms with van der Waals surface area (Å²) in [5.74, 6) is 0.356. The highest BCUT2D eigenvalue weighted by molar-refractivity contribution is 6.30. The minimum atomic E-state index is -3.93. The van der Waals surface area contributed by atoms with Crippen molar-refractivity contribution in [2.45, 2.75) is 32.3 Å². The molecule has 0 saturated carbocycles. The fraction of sp³-hybridized carbons (Fsp3) is 0.238. The van der Waals surface area contributed by atoms with Crippen LogP contribution in [-0.4, -0.2) is 20.9 Å². The first-order valence-electron chi connectivity index (χ1n) is 9.09. The molecule has 1 aromatic heterocycles. The Balaban J connectivity index is 1.90. The molecule has 3 N–H and O–H groups in total. The summed E-state index contributed by atoms with van der Waals surface area (Å²) in [6, 6.07) is 12.8. The molecule has 0 unspecified atom stereocenters. The molecule has 1 heterocycles. The number of carbonyl (C=O) groups excluding carboxylic acids is 1. The minimum absolute atomic E-state index is 0.313. The van der Waals surface area contributed by atoms with Gasteiger partial charge in [-0.15, -0.1) is 0 Å². The number of aromatic nitrogens is 2. The average molecular weight is 435 g/mol. The Labute approximate surface area is 177 Å². The van der Waals surface area contributed by atoms with Crippen molar-refractivity contribution in [3.05, 3.63) is 70.9 Å². The van der Waals surface area contributed by atoms with Crippen molar-refractivity contribution in [1.29, 1.82) is 0 Å². The SMILES string of the molecule is CC(C)(C)c1cc(NC(=O)Nc2ccc(Cl)cc2)n(-c2ccc(C(O)(F)F)cc2)n1. The van der Waals surface area contributed by atoms with E-state index in [1.54, 1.807) is 30.3 Å². The first kappa shape index (κ1) is 21.7. The number of benzene rings is 2. The van der Waals surface area contributed by atoms with Gasteiger partial charge in [0.05, 0.1) is 16.9 Å². The van der Waals surface area contributed by atoms with Gasteiger partial charge >= 0.3 is 12.1 Å². The van der Waals surface area contributed by atoms with Crippen LogP contribution in [0.1, 0.15) is 32.0 Å². The van der Waals surface area contributed by atoms with Crippen molar-refractivity contribution < 1.29 is 18.7 Å². The molecule has 0 aliphatic heterocycles. The van der Waals surface area contributed by atoms with E-state index >= 15 is 0 Å². The summed E-state index contributed by atoms with van der Waals surface area (Å²) in [4.78, 5) is 12.5. The molecule has 2 amide bonds. The van der Waals surface area contributed by atoms with Gasteiger partial charge in [-0.3, -0.25) is 5.32 Å². The third-order valence-corrected chi connectivity index (χ3v) is 4.53. The second kappa shape index (κ2) is 8.04. The molecule has 9 heteroatoms. The standard InChI is InChI=1S/C21H21ClF2N4O2/c1-20(2,3)17-12-18(26-19(29)25-15-8-6-14(22)7-9-15)28(27-17)16-10-4-13(5-11-16)21(23,24)30/h4-12,30H,1-3H3,(H2,25,26,29). The summed E-state index contributed by atoms with van der Waals surface area (Å²) in [6.45, 7) is 5.89. The molecule has 0 bridgehead atoms. The molecule has 30 heavy (non-hydrogen) atoms. The summed E-state index contributed by atoms with van der Waals surface area (Å²) in [5, 5.41) is 19.4. The van der Waals surface area contributed by atoms with Crippen molar-refractivity contribution >= 4 is 29.1 Å². The van der Waals surface area contributed by atoms with E-state index in [0.29, 0.717) is 27.9 Å². The zero-order valence-electron chi connectivity index (χ0n) is 16.6. The van der Waals surface area contributed by atoms with Gasteiger partial charge < -0.3 is 10.4 Å². The predicted molar refractivity (Wildman–Crippen MR) is 112 cm³/mol. The van der Waals surface area contributed by atoms with E-state index in [4.69, 9.17) is 16.7 Å². The maximum atomic E-state index is 13.1. The summed E-state index contributed by atoms with van der Waals surface area (Å²) >= 11 is 5.85. The molecule has 3 rings (SSSR count). The quantitative estimate of drug-likeness (QED) is 0.506. The maximum absolute atomic E-state index is 13.1. The maximum Gasteiger partial charge on any atom is 0.380 e. The Morgan fingerprint density at radius 2 is 1.63 bits per heavy atom. The van der Waals surface area contributed by atoms with E-state index in [2.05, 4.69) is 15.7 Å². The molecule has 0 spiro atoms. The Morgan fingerprint density at radius 1 is 1.03 bits per heavy atom. The lowest BCUT2D eigenvalue weighted by atomic mass is 9.92. The van der Waals surface area contributed by atoms with Crippen LogP contribution in [0, 0.1) is 0 Å². The molecule has 0 saturated heterocycles. The molecule has 6 nitrogen and oxygen atoms in total. The zero-order chi connectivity index (χ0) is 22.1. The number of nitrogens with zero attached hydrogens (tertiary/aromatic N) is 2. The first-order chi connectivity index (χ1) is 13.9. The minimum Gasteiger partial charge on any atom is -0.332 e. The van der Waals surface area contributed by atoms with Crippen LogP contribution < -0.4 is 10.6 Å². The number of nitrogens with one attached hydrogen (secondary N) is 2.